The Morgan fingerprint density at radius 2 is 2.11 bits per heavy atom. The lowest BCUT2D eigenvalue weighted by atomic mass is 10.0. The van der Waals surface area contributed by atoms with E-state index in [2.05, 4.69) is 20.2 Å². The molecule has 2 amide bonds. The monoisotopic (exact) mass is 388 g/mol. The number of carbonyl (C=O) groups excluding carboxylic acids is 1. The summed E-state index contributed by atoms with van der Waals surface area (Å²) in [5, 5.41) is 3.65. The van der Waals surface area contributed by atoms with Crippen molar-refractivity contribution in [2.24, 2.45) is 0 Å². The number of urea groups is 1. The van der Waals surface area contributed by atoms with Crippen LogP contribution in [0.25, 0.3) is 11.3 Å². The number of nitrogen functional groups attached to an aromatic ring is 1. The number of halogens is 1. The molecule has 0 saturated heterocycles. The summed E-state index contributed by atoms with van der Waals surface area (Å²) >= 11 is 6.08. The Bertz CT molecular complexity index is 854. The summed E-state index contributed by atoms with van der Waals surface area (Å²) < 4.78 is 0. The third kappa shape index (κ3) is 4.48. The maximum atomic E-state index is 12.5. The van der Waals surface area contributed by atoms with E-state index >= 15 is 0 Å². The lowest BCUT2D eigenvalue weighted by Crippen LogP contribution is -2.37. The second-order valence-corrected chi connectivity index (χ2v) is 7.50. The predicted molar refractivity (Wildman–Crippen MR) is 107 cm³/mol. The molecule has 0 atom stereocenters. The molecule has 2 heterocycles. The number of rotatable bonds is 5. The minimum absolute atomic E-state index is 0.0934. The Hall–Kier alpha value is -2.38. The van der Waals surface area contributed by atoms with E-state index in [1.165, 1.54) is 0 Å². The first-order valence-electron chi connectivity index (χ1n) is 8.94. The van der Waals surface area contributed by atoms with E-state index < -0.39 is 0 Å². The van der Waals surface area contributed by atoms with Gasteiger partial charge in [0.1, 0.15) is 0 Å². The molecule has 1 aromatic carbocycles. The number of aromatic nitrogens is 2. The molecule has 0 bridgehead atoms. The van der Waals surface area contributed by atoms with E-state index in [0.29, 0.717) is 24.7 Å². The van der Waals surface area contributed by atoms with Crippen LogP contribution >= 0.6 is 11.6 Å². The zero-order valence-electron chi connectivity index (χ0n) is 15.9. The van der Waals surface area contributed by atoms with E-state index in [4.69, 9.17) is 17.3 Å². The van der Waals surface area contributed by atoms with Crippen LogP contribution in [0, 0.1) is 6.92 Å². The van der Waals surface area contributed by atoms with Crippen LogP contribution in [0.2, 0.25) is 5.02 Å². The third-order valence-electron chi connectivity index (χ3n) is 4.59. The number of aryl methyl sites for hydroxylation is 1. The van der Waals surface area contributed by atoms with Gasteiger partial charge in [-0.25, -0.2) is 14.8 Å². The lowest BCUT2D eigenvalue weighted by molar-refractivity contribution is 0.197. The van der Waals surface area contributed by atoms with Crippen molar-refractivity contribution in [2.45, 2.75) is 26.4 Å². The van der Waals surface area contributed by atoms with Gasteiger partial charge < -0.3 is 20.9 Å². The molecule has 27 heavy (non-hydrogen) atoms. The highest BCUT2D eigenvalue weighted by Crippen LogP contribution is 2.33. The summed E-state index contributed by atoms with van der Waals surface area (Å²) in [4.78, 5) is 25.1. The first kappa shape index (κ1) is 19.4. The normalized spacial score (nSPS) is 13.1. The number of amides is 2. The molecule has 7 nitrogen and oxygen atoms in total. The number of nitrogens with one attached hydrogen (secondary N) is 1. The van der Waals surface area contributed by atoms with Gasteiger partial charge in [-0.2, -0.15) is 0 Å². The van der Waals surface area contributed by atoms with Crippen LogP contribution in [0.4, 0.5) is 10.7 Å². The minimum atomic E-state index is -0.0934. The Morgan fingerprint density at radius 1 is 1.33 bits per heavy atom. The van der Waals surface area contributed by atoms with Crippen LogP contribution in [-0.2, 0) is 13.1 Å². The van der Waals surface area contributed by atoms with E-state index in [9.17, 15) is 4.79 Å². The molecule has 3 N–H and O–H groups in total. The summed E-state index contributed by atoms with van der Waals surface area (Å²) in [5.41, 5.74) is 10.4. The molecule has 1 aliphatic heterocycles. The van der Waals surface area contributed by atoms with Gasteiger partial charge in [-0.15, -0.1) is 0 Å². The Balaban J connectivity index is 1.78. The van der Waals surface area contributed by atoms with Crippen molar-refractivity contribution in [3.8, 4) is 11.3 Å². The SMILES string of the molecule is Cc1cc(Cl)ccc1-c1nc(N)nc2c1CN(C(=O)NCCCN(C)C)C2. The maximum absolute atomic E-state index is 12.5. The van der Waals surface area contributed by atoms with E-state index in [0.717, 1.165) is 41.0 Å². The van der Waals surface area contributed by atoms with Gasteiger partial charge in [0.2, 0.25) is 5.95 Å². The van der Waals surface area contributed by atoms with Gasteiger partial charge in [-0.3, -0.25) is 0 Å². The van der Waals surface area contributed by atoms with Crippen LogP contribution in [0.3, 0.4) is 0 Å². The van der Waals surface area contributed by atoms with Crippen molar-refractivity contribution in [1.29, 1.82) is 0 Å². The fraction of sp³-hybridized carbons (Fsp3) is 0.421. The molecule has 2 aromatic rings. The van der Waals surface area contributed by atoms with Crippen molar-refractivity contribution in [2.75, 3.05) is 32.9 Å². The molecule has 0 unspecified atom stereocenters. The summed E-state index contributed by atoms with van der Waals surface area (Å²) in [6.45, 7) is 4.45. The van der Waals surface area contributed by atoms with Gasteiger partial charge in [0.25, 0.3) is 0 Å². The highest BCUT2D eigenvalue weighted by Gasteiger charge is 2.28. The number of carbonyl (C=O) groups is 1. The molecule has 1 aliphatic rings. The molecule has 0 spiro atoms. The van der Waals surface area contributed by atoms with Gasteiger partial charge in [-0.05, 0) is 51.7 Å². The molecule has 8 heteroatoms. The second kappa shape index (κ2) is 8.10. The highest BCUT2D eigenvalue weighted by molar-refractivity contribution is 6.30. The summed E-state index contributed by atoms with van der Waals surface area (Å²) in [5.74, 6) is 0.214. The van der Waals surface area contributed by atoms with E-state index in [-0.39, 0.29) is 12.0 Å². The van der Waals surface area contributed by atoms with Crippen molar-refractivity contribution < 1.29 is 4.79 Å². The first-order valence-corrected chi connectivity index (χ1v) is 9.32. The average molecular weight is 389 g/mol. The van der Waals surface area contributed by atoms with Gasteiger partial charge in [0.15, 0.2) is 0 Å². The van der Waals surface area contributed by atoms with Gasteiger partial charge in [-0.1, -0.05) is 17.7 Å². The molecule has 144 valence electrons. The van der Waals surface area contributed by atoms with E-state index in [1.54, 1.807) is 4.90 Å². The Kier molecular flexibility index (Phi) is 5.82. The standard InChI is InChI=1S/C19H25ClN6O/c1-12-9-13(20)5-6-14(12)17-15-10-26(11-16(15)23-18(21)24-17)19(27)22-7-4-8-25(2)3/h5-6,9H,4,7-8,10-11H2,1-3H3,(H,22,27)(H2,21,23,24). The number of nitrogens with zero attached hydrogens (tertiary/aromatic N) is 4. The number of hydrogen-bond donors (Lipinski definition) is 2. The Labute approximate surface area is 164 Å². The largest absolute Gasteiger partial charge is 0.368 e. The minimum Gasteiger partial charge on any atom is -0.368 e. The van der Waals surface area contributed by atoms with Crippen LogP contribution in [-0.4, -0.2) is 53.0 Å². The van der Waals surface area contributed by atoms with Crippen LogP contribution in [0.15, 0.2) is 18.2 Å². The molecule has 3 rings (SSSR count). The van der Waals surface area contributed by atoms with Crippen molar-refractivity contribution in [3.63, 3.8) is 0 Å². The molecule has 0 radical (unpaired) electrons. The van der Waals surface area contributed by atoms with Crippen molar-refractivity contribution in [1.82, 2.24) is 25.1 Å². The summed E-state index contributed by atoms with van der Waals surface area (Å²) in [6.07, 6.45) is 0.904. The quantitative estimate of drug-likeness (QED) is 0.769. The third-order valence-corrected chi connectivity index (χ3v) is 4.82. The fourth-order valence-corrected chi connectivity index (χ4v) is 3.46. The average Bonchev–Trinajstić information content (AvgIpc) is 3.02. The number of nitrogens with two attached hydrogens (primary N) is 1. The smallest absolute Gasteiger partial charge is 0.318 e. The summed E-state index contributed by atoms with van der Waals surface area (Å²) in [7, 11) is 4.03. The molecule has 0 saturated carbocycles. The number of fused-ring (bicyclic) bond motifs is 1. The van der Waals surface area contributed by atoms with Gasteiger partial charge in [0, 0.05) is 22.7 Å². The zero-order valence-corrected chi connectivity index (χ0v) is 16.7. The van der Waals surface area contributed by atoms with Crippen LogP contribution < -0.4 is 11.1 Å². The van der Waals surface area contributed by atoms with Gasteiger partial charge in [0.05, 0.1) is 24.5 Å². The molecular formula is C19H25ClN6O. The Morgan fingerprint density at radius 3 is 2.81 bits per heavy atom. The molecular weight excluding hydrogens is 364 g/mol. The highest BCUT2D eigenvalue weighted by atomic mass is 35.5. The van der Waals surface area contributed by atoms with Crippen molar-refractivity contribution >= 4 is 23.6 Å². The zero-order chi connectivity index (χ0) is 19.6. The second-order valence-electron chi connectivity index (χ2n) is 7.06. The number of hydrogen-bond acceptors (Lipinski definition) is 5. The topological polar surface area (TPSA) is 87.4 Å². The van der Waals surface area contributed by atoms with Crippen LogP contribution in [0.1, 0.15) is 23.2 Å². The fourth-order valence-electron chi connectivity index (χ4n) is 3.24. The van der Waals surface area contributed by atoms with E-state index in [1.807, 2.05) is 39.2 Å². The van der Waals surface area contributed by atoms with Gasteiger partial charge >= 0.3 is 6.03 Å². The van der Waals surface area contributed by atoms with Crippen LogP contribution in [0.5, 0.6) is 0 Å². The lowest BCUT2D eigenvalue weighted by Gasteiger charge is -2.17. The molecule has 0 aliphatic carbocycles. The number of anilines is 1. The number of benzene rings is 1. The van der Waals surface area contributed by atoms with Crippen molar-refractivity contribution in [3.05, 3.63) is 40.0 Å². The molecule has 0 fully saturated rings. The summed E-state index contributed by atoms with van der Waals surface area (Å²) in [6, 6.07) is 5.57. The predicted octanol–water partition coefficient (Wildman–Crippen LogP) is 2.66. The first-order chi connectivity index (χ1) is 12.8. The molecule has 1 aromatic heterocycles. The maximum Gasteiger partial charge on any atom is 0.318 e.